The van der Waals surface area contributed by atoms with E-state index >= 15 is 0 Å². The van der Waals surface area contributed by atoms with Crippen molar-refractivity contribution in [3.8, 4) is 0 Å². The van der Waals surface area contributed by atoms with E-state index in [0.717, 1.165) is 11.4 Å². The van der Waals surface area contributed by atoms with Crippen molar-refractivity contribution in [2.75, 3.05) is 12.0 Å². The molecule has 106 valence electrons. The van der Waals surface area contributed by atoms with E-state index in [2.05, 4.69) is 10.4 Å². The molecule has 0 aliphatic rings. The van der Waals surface area contributed by atoms with Crippen LogP contribution in [-0.2, 0) is 16.1 Å². The third kappa shape index (κ3) is 4.94. The average Bonchev–Trinajstić information content (AvgIpc) is 2.62. The number of aromatic nitrogens is 2. The molecule has 0 aliphatic carbocycles. The highest BCUT2D eigenvalue weighted by atomic mass is 32.2. The number of nitrogens with zero attached hydrogens (tertiary/aromatic N) is 2. The second kappa shape index (κ2) is 7.18. The van der Waals surface area contributed by atoms with E-state index in [9.17, 15) is 9.59 Å². The first kappa shape index (κ1) is 15.6. The van der Waals surface area contributed by atoms with Crippen LogP contribution < -0.4 is 5.32 Å². The highest BCUT2D eigenvalue weighted by Crippen LogP contribution is 2.03. The summed E-state index contributed by atoms with van der Waals surface area (Å²) >= 11 is 1.55. The summed E-state index contributed by atoms with van der Waals surface area (Å²) in [5.74, 6) is -0.646. The van der Waals surface area contributed by atoms with Gasteiger partial charge < -0.3 is 10.4 Å². The Morgan fingerprint density at radius 1 is 1.53 bits per heavy atom. The summed E-state index contributed by atoms with van der Waals surface area (Å²) < 4.78 is 1.57. The molecule has 19 heavy (non-hydrogen) atoms. The molecule has 0 aliphatic heterocycles. The molecule has 2 N–H and O–H groups in total. The number of hydrogen-bond acceptors (Lipinski definition) is 4. The minimum atomic E-state index is -1.00. The van der Waals surface area contributed by atoms with Gasteiger partial charge >= 0.3 is 5.97 Å². The summed E-state index contributed by atoms with van der Waals surface area (Å²) in [6, 6.07) is 1.03. The van der Waals surface area contributed by atoms with Gasteiger partial charge in [0.2, 0.25) is 5.91 Å². The smallest absolute Gasteiger partial charge is 0.326 e. The summed E-state index contributed by atoms with van der Waals surface area (Å²) in [5.41, 5.74) is 1.71. The summed E-state index contributed by atoms with van der Waals surface area (Å²) in [5, 5.41) is 15.7. The van der Waals surface area contributed by atoms with Crippen molar-refractivity contribution in [3.05, 3.63) is 17.5 Å². The highest BCUT2D eigenvalue weighted by molar-refractivity contribution is 7.98. The molecule has 1 aromatic heterocycles. The van der Waals surface area contributed by atoms with E-state index < -0.39 is 12.0 Å². The highest BCUT2D eigenvalue weighted by Gasteiger charge is 2.19. The molecular formula is C12H19N3O3S. The molecule has 7 heteroatoms. The lowest BCUT2D eigenvalue weighted by atomic mass is 10.2. The van der Waals surface area contributed by atoms with E-state index in [0.29, 0.717) is 12.2 Å². The fourth-order valence-corrected chi connectivity index (χ4v) is 2.18. The Balaban J connectivity index is 2.57. The van der Waals surface area contributed by atoms with Crippen LogP contribution in [0, 0.1) is 13.8 Å². The molecule has 0 aromatic carbocycles. The number of thioether (sulfide) groups is 1. The molecule has 6 nitrogen and oxygen atoms in total. The van der Waals surface area contributed by atoms with E-state index in [1.54, 1.807) is 16.4 Å². The van der Waals surface area contributed by atoms with Crippen LogP contribution in [0.3, 0.4) is 0 Å². The third-order valence-corrected chi connectivity index (χ3v) is 3.28. The lowest BCUT2D eigenvalue weighted by Gasteiger charge is -2.14. The first-order chi connectivity index (χ1) is 8.93. The Bertz CT molecular complexity index is 459. The zero-order valence-corrected chi connectivity index (χ0v) is 12.2. The normalized spacial score (nSPS) is 12.2. The molecule has 0 unspecified atom stereocenters. The van der Waals surface area contributed by atoms with Crippen LogP contribution in [0.2, 0.25) is 0 Å². The Kier molecular flexibility index (Phi) is 5.88. The molecule has 0 bridgehead atoms. The topological polar surface area (TPSA) is 84.2 Å². The number of carboxylic acids is 1. The van der Waals surface area contributed by atoms with Gasteiger partial charge in [-0.3, -0.25) is 9.48 Å². The maximum absolute atomic E-state index is 11.8. The van der Waals surface area contributed by atoms with Crippen molar-refractivity contribution in [1.29, 1.82) is 0 Å². The van der Waals surface area contributed by atoms with E-state index in [1.165, 1.54) is 0 Å². The van der Waals surface area contributed by atoms with Gasteiger partial charge in [-0.1, -0.05) is 0 Å². The van der Waals surface area contributed by atoms with Crippen molar-refractivity contribution in [3.63, 3.8) is 0 Å². The number of rotatable bonds is 7. The fraction of sp³-hybridized carbons (Fsp3) is 0.583. The largest absolute Gasteiger partial charge is 0.480 e. The number of hydrogen-bond donors (Lipinski definition) is 2. The minimum Gasteiger partial charge on any atom is -0.480 e. The molecule has 1 aromatic rings. The standard InChI is InChI=1S/C12H19N3O3S/c1-8-6-9(2)15(14-8)7-11(16)13-10(12(17)18)4-5-19-3/h6,10H,4-5,7H2,1-3H3,(H,13,16)(H,17,18)/t10-/m0/s1. The van der Waals surface area contributed by atoms with Crippen molar-refractivity contribution >= 4 is 23.6 Å². The van der Waals surface area contributed by atoms with Crippen molar-refractivity contribution in [2.45, 2.75) is 32.9 Å². The predicted molar refractivity (Wildman–Crippen MR) is 74.3 cm³/mol. The van der Waals surface area contributed by atoms with Crippen LogP contribution in [0.25, 0.3) is 0 Å². The first-order valence-electron chi connectivity index (χ1n) is 5.96. The molecule has 1 atom stereocenters. The monoisotopic (exact) mass is 285 g/mol. The number of carbonyl (C=O) groups is 2. The van der Waals surface area contributed by atoms with Gasteiger partial charge in [0.05, 0.1) is 5.69 Å². The molecule has 0 fully saturated rings. The Morgan fingerprint density at radius 2 is 2.21 bits per heavy atom. The zero-order chi connectivity index (χ0) is 14.4. The van der Waals surface area contributed by atoms with E-state index in [-0.39, 0.29) is 12.5 Å². The maximum Gasteiger partial charge on any atom is 0.326 e. The second-order valence-corrected chi connectivity index (χ2v) is 5.31. The number of carbonyl (C=O) groups excluding carboxylic acids is 1. The Labute approximate surface area is 116 Å². The van der Waals surface area contributed by atoms with Gasteiger partial charge in [-0.15, -0.1) is 0 Å². The van der Waals surface area contributed by atoms with Crippen molar-refractivity contribution < 1.29 is 14.7 Å². The first-order valence-corrected chi connectivity index (χ1v) is 7.35. The van der Waals surface area contributed by atoms with Gasteiger partial charge in [0, 0.05) is 5.69 Å². The predicted octanol–water partition coefficient (Wildman–Crippen LogP) is 0.822. The molecule has 0 saturated carbocycles. The number of aliphatic carboxylic acids is 1. The van der Waals surface area contributed by atoms with Crippen LogP contribution in [0.1, 0.15) is 17.8 Å². The number of amides is 1. The zero-order valence-electron chi connectivity index (χ0n) is 11.3. The summed E-state index contributed by atoms with van der Waals surface area (Å²) in [6.07, 6.45) is 2.32. The second-order valence-electron chi connectivity index (χ2n) is 4.32. The van der Waals surface area contributed by atoms with Gasteiger partial charge in [0.1, 0.15) is 12.6 Å². The lowest BCUT2D eigenvalue weighted by Crippen LogP contribution is -2.42. The Morgan fingerprint density at radius 3 is 2.68 bits per heavy atom. The van der Waals surface area contributed by atoms with Crippen LogP contribution >= 0.6 is 11.8 Å². The van der Waals surface area contributed by atoms with Gasteiger partial charge in [-0.25, -0.2) is 4.79 Å². The Hall–Kier alpha value is -1.50. The number of nitrogens with one attached hydrogen (secondary N) is 1. The van der Waals surface area contributed by atoms with Crippen molar-refractivity contribution in [1.82, 2.24) is 15.1 Å². The lowest BCUT2D eigenvalue weighted by molar-refractivity contribution is -0.142. The van der Waals surface area contributed by atoms with Crippen LogP contribution in [0.5, 0.6) is 0 Å². The van der Waals surface area contributed by atoms with Crippen LogP contribution in [-0.4, -0.2) is 44.8 Å². The maximum atomic E-state index is 11.8. The van der Waals surface area contributed by atoms with E-state index in [1.807, 2.05) is 26.2 Å². The third-order valence-electron chi connectivity index (χ3n) is 2.64. The fourth-order valence-electron chi connectivity index (χ4n) is 1.70. The van der Waals surface area contributed by atoms with Crippen molar-refractivity contribution in [2.24, 2.45) is 0 Å². The van der Waals surface area contributed by atoms with Gasteiger partial charge in [0.15, 0.2) is 0 Å². The van der Waals surface area contributed by atoms with Gasteiger partial charge in [0.25, 0.3) is 0 Å². The summed E-state index contributed by atoms with van der Waals surface area (Å²) in [7, 11) is 0. The summed E-state index contributed by atoms with van der Waals surface area (Å²) in [6.45, 7) is 3.75. The van der Waals surface area contributed by atoms with Crippen LogP contribution in [0.15, 0.2) is 6.07 Å². The van der Waals surface area contributed by atoms with E-state index in [4.69, 9.17) is 5.11 Å². The quantitative estimate of drug-likeness (QED) is 0.775. The molecule has 1 heterocycles. The van der Waals surface area contributed by atoms with Gasteiger partial charge in [-0.2, -0.15) is 16.9 Å². The number of aryl methyl sites for hydroxylation is 2. The molecule has 1 amide bonds. The van der Waals surface area contributed by atoms with Crippen LogP contribution in [0.4, 0.5) is 0 Å². The molecule has 0 saturated heterocycles. The molecular weight excluding hydrogens is 266 g/mol. The molecule has 0 spiro atoms. The SMILES string of the molecule is CSCC[C@H](NC(=O)Cn1nc(C)cc1C)C(=O)O. The minimum absolute atomic E-state index is 0.0444. The number of carboxylic acid groups (broad SMARTS) is 1. The molecule has 1 rings (SSSR count). The molecule has 0 radical (unpaired) electrons. The summed E-state index contributed by atoms with van der Waals surface area (Å²) in [4.78, 5) is 22.8. The van der Waals surface area contributed by atoms with Gasteiger partial charge in [-0.05, 0) is 38.3 Å². The average molecular weight is 285 g/mol.